The molecule has 186 valence electrons. The van der Waals surface area contributed by atoms with Crippen molar-refractivity contribution >= 4 is 27.2 Å². The van der Waals surface area contributed by atoms with Gasteiger partial charge < -0.3 is 5.32 Å². The molecule has 36 heavy (non-hydrogen) atoms. The van der Waals surface area contributed by atoms with Crippen LogP contribution in [0.2, 0.25) is 0 Å². The molecule has 0 aliphatic heterocycles. The monoisotopic (exact) mass is 494 g/mol. The van der Waals surface area contributed by atoms with Crippen molar-refractivity contribution in [2.24, 2.45) is 5.41 Å². The van der Waals surface area contributed by atoms with E-state index in [0.717, 1.165) is 17.2 Å². The van der Waals surface area contributed by atoms with E-state index < -0.39 is 0 Å². The first kappa shape index (κ1) is 27.2. The second kappa shape index (κ2) is 13.0. The fourth-order valence-corrected chi connectivity index (χ4v) is 5.15. The molecule has 0 fully saturated rings. The van der Waals surface area contributed by atoms with Crippen molar-refractivity contribution in [3.63, 3.8) is 0 Å². The first-order valence-corrected chi connectivity index (χ1v) is 13.4. The summed E-state index contributed by atoms with van der Waals surface area (Å²) in [5.74, 6) is 0.396. The highest BCUT2D eigenvalue weighted by Gasteiger charge is 2.30. The summed E-state index contributed by atoms with van der Waals surface area (Å²) >= 11 is 1.63. The number of aromatic nitrogens is 1. The normalized spacial score (nSPS) is 12.8. The molecule has 1 aromatic heterocycles. The minimum Gasteiger partial charge on any atom is -0.365 e. The van der Waals surface area contributed by atoms with E-state index >= 15 is 0 Å². The van der Waals surface area contributed by atoms with E-state index in [9.17, 15) is 0 Å². The van der Waals surface area contributed by atoms with E-state index in [-0.39, 0.29) is 5.41 Å². The number of hydrogen-bond donors (Lipinski definition) is 1. The third-order valence-electron chi connectivity index (χ3n) is 6.61. The maximum atomic E-state index is 4.56. The molecule has 1 N–H and O–H groups in total. The number of rotatable bonds is 8. The largest absolute Gasteiger partial charge is 0.365 e. The first-order valence-electron chi connectivity index (χ1n) is 12.6. The van der Waals surface area contributed by atoms with Crippen molar-refractivity contribution in [1.82, 2.24) is 4.98 Å². The van der Waals surface area contributed by atoms with Gasteiger partial charge in [-0.15, -0.1) is 11.3 Å². The summed E-state index contributed by atoms with van der Waals surface area (Å²) in [6, 6.07) is 25.5. The van der Waals surface area contributed by atoms with Gasteiger partial charge in [0.1, 0.15) is 0 Å². The number of benzene rings is 3. The summed E-state index contributed by atoms with van der Waals surface area (Å²) in [6.07, 6.45) is 9.47. The lowest BCUT2D eigenvalue weighted by molar-refractivity contribution is 0.304. The molecule has 3 heteroatoms. The zero-order chi connectivity index (χ0) is 26.0. The van der Waals surface area contributed by atoms with Crippen LogP contribution in [-0.4, -0.2) is 12.0 Å². The fourth-order valence-electron chi connectivity index (χ4n) is 4.48. The molecule has 0 aliphatic carbocycles. The van der Waals surface area contributed by atoms with Crippen LogP contribution in [0.3, 0.4) is 0 Å². The van der Waals surface area contributed by atoms with Crippen LogP contribution in [0.4, 0.5) is 5.13 Å². The highest BCUT2D eigenvalue weighted by Crippen LogP contribution is 2.43. The Balaban J connectivity index is 0.000000201. The second-order valence-electron chi connectivity index (χ2n) is 9.40. The Hall–Kier alpha value is -3.43. The van der Waals surface area contributed by atoms with Crippen molar-refractivity contribution in [3.8, 4) is 11.3 Å². The number of thiazole rings is 1. The molecule has 3 aromatic carbocycles. The molecule has 1 unspecified atom stereocenters. The van der Waals surface area contributed by atoms with Gasteiger partial charge in [-0.3, -0.25) is 0 Å². The summed E-state index contributed by atoms with van der Waals surface area (Å²) < 4.78 is 0. The zero-order valence-electron chi connectivity index (χ0n) is 22.2. The summed E-state index contributed by atoms with van der Waals surface area (Å²) in [6.45, 7) is 12.9. The third-order valence-corrected chi connectivity index (χ3v) is 7.47. The molecular weight excluding hydrogens is 456 g/mol. The molecule has 0 saturated carbocycles. The predicted octanol–water partition coefficient (Wildman–Crippen LogP) is 9.90. The molecule has 0 amide bonds. The predicted molar refractivity (Wildman–Crippen MR) is 161 cm³/mol. The van der Waals surface area contributed by atoms with E-state index in [2.05, 4.69) is 141 Å². The van der Waals surface area contributed by atoms with Crippen LogP contribution in [0, 0.1) is 5.41 Å². The minimum absolute atomic E-state index is 0.218. The van der Waals surface area contributed by atoms with Crippen molar-refractivity contribution in [3.05, 3.63) is 120 Å². The van der Waals surface area contributed by atoms with Crippen molar-refractivity contribution in [2.75, 3.05) is 12.4 Å². The number of anilines is 1. The first-order chi connectivity index (χ1) is 17.4. The minimum atomic E-state index is 0.218. The summed E-state index contributed by atoms with van der Waals surface area (Å²) in [5, 5.41) is 8.62. The van der Waals surface area contributed by atoms with Crippen molar-refractivity contribution < 1.29 is 0 Å². The Kier molecular flexibility index (Phi) is 9.84. The van der Waals surface area contributed by atoms with Gasteiger partial charge in [0.25, 0.3) is 0 Å². The van der Waals surface area contributed by atoms with Crippen LogP contribution in [0.5, 0.6) is 0 Å². The van der Waals surface area contributed by atoms with Crippen molar-refractivity contribution in [1.29, 1.82) is 0 Å². The third kappa shape index (κ3) is 6.61. The van der Waals surface area contributed by atoms with Crippen LogP contribution in [0.15, 0.2) is 115 Å². The van der Waals surface area contributed by atoms with Crippen LogP contribution in [-0.2, 0) is 0 Å². The molecule has 0 aliphatic rings. The lowest BCUT2D eigenvalue weighted by atomic mass is 9.69. The Labute approximate surface area is 221 Å². The topological polar surface area (TPSA) is 24.9 Å². The highest BCUT2D eigenvalue weighted by molar-refractivity contribution is 7.14. The van der Waals surface area contributed by atoms with Gasteiger partial charge in [-0.1, -0.05) is 131 Å². The lowest BCUT2D eigenvalue weighted by Crippen LogP contribution is -2.22. The molecule has 4 aromatic rings. The summed E-state index contributed by atoms with van der Waals surface area (Å²) in [4.78, 5) is 4.56. The molecule has 0 radical (unpaired) electrons. The van der Waals surface area contributed by atoms with Crippen LogP contribution in [0.25, 0.3) is 22.0 Å². The lowest BCUT2D eigenvalue weighted by Gasteiger charge is -2.35. The van der Waals surface area contributed by atoms with Gasteiger partial charge in [0, 0.05) is 23.9 Å². The number of nitrogens with one attached hydrogen (secondary N) is 1. The zero-order valence-corrected chi connectivity index (χ0v) is 23.0. The molecule has 1 atom stereocenters. The van der Waals surface area contributed by atoms with Gasteiger partial charge in [0.05, 0.1) is 5.69 Å². The van der Waals surface area contributed by atoms with Crippen molar-refractivity contribution in [2.45, 2.75) is 40.0 Å². The molecule has 0 spiro atoms. The average molecular weight is 495 g/mol. The number of nitrogens with zero attached hydrogens (tertiary/aromatic N) is 1. The fraction of sp³-hybridized carbons (Fsp3) is 0.242. The Morgan fingerprint density at radius 1 is 1.03 bits per heavy atom. The summed E-state index contributed by atoms with van der Waals surface area (Å²) in [7, 11) is 1.89. The molecule has 2 nitrogen and oxygen atoms in total. The Bertz CT molecular complexity index is 1310. The molecule has 1 heterocycles. The SMILES string of the molecule is C=C/C=C(\C=C/C)C(c1ccccc1)C(C)(C)CC.CNc1nc(-c2cccc3ccccc23)cs1. The maximum Gasteiger partial charge on any atom is 0.182 e. The molecule has 0 saturated heterocycles. The average Bonchev–Trinajstić information content (AvgIpc) is 3.39. The van der Waals surface area contributed by atoms with E-state index in [1.54, 1.807) is 11.3 Å². The number of allylic oxidation sites excluding steroid dienone is 5. The van der Waals surface area contributed by atoms with Gasteiger partial charge in [0.2, 0.25) is 0 Å². The Morgan fingerprint density at radius 2 is 1.72 bits per heavy atom. The van der Waals surface area contributed by atoms with Crippen LogP contribution in [0.1, 0.15) is 45.6 Å². The Morgan fingerprint density at radius 3 is 2.36 bits per heavy atom. The smallest absolute Gasteiger partial charge is 0.182 e. The maximum absolute atomic E-state index is 4.56. The van der Waals surface area contributed by atoms with Gasteiger partial charge in [-0.2, -0.15) is 0 Å². The molecule has 0 bridgehead atoms. The van der Waals surface area contributed by atoms with E-state index in [4.69, 9.17) is 0 Å². The second-order valence-corrected chi connectivity index (χ2v) is 10.3. The van der Waals surface area contributed by atoms with Crippen LogP contribution < -0.4 is 5.32 Å². The highest BCUT2D eigenvalue weighted by atomic mass is 32.1. The number of fused-ring (bicyclic) bond motifs is 1. The van der Waals surface area contributed by atoms with E-state index in [1.807, 2.05) is 13.1 Å². The quantitative estimate of drug-likeness (QED) is 0.246. The standard InChI is InChI=1S/C19H26.C14H12N2S/c1-6-12-16(13-7-2)18(19(4,5)8-3)17-14-10-9-11-15-17;1-15-14-16-13(9-17-14)12-8-4-6-10-5-2-3-7-11(10)12/h6-7,9-15,18H,1,8H2,2-5H3;2-9H,1H3,(H,15,16)/b13-7-,16-12+;. The van der Waals surface area contributed by atoms with Gasteiger partial charge >= 0.3 is 0 Å². The number of hydrogen-bond acceptors (Lipinski definition) is 3. The summed E-state index contributed by atoms with van der Waals surface area (Å²) in [5.41, 5.74) is 5.16. The van der Waals surface area contributed by atoms with Gasteiger partial charge in [0.15, 0.2) is 5.13 Å². The van der Waals surface area contributed by atoms with E-state index in [0.29, 0.717) is 5.92 Å². The van der Waals surface area contributed by atoms with Gasteiger partial charge in [-0.05, 0) is 34.2 Å². The molecular formula is C33H38N2S. The van der Waals surface area contributed by atoms with Gasteiger partial charge in [-0.25, -0.2) is 4.98 Å². The molecule has 4 rings (SSSR count). The van der Waals surface area contributed by atoms with Crippen LogP contribution >= 0.6 is 11.3 Å². The van der Waals surface area contributed by atoms with E-state index in [1.165, 1.54) is 27.5 Å².